The second kappa shape index (κ2) is 5.56. The van der Waals surface area contributed by atoms with Crippen LogP contribution in [0.1, 0.15) is 23.1 Å². The Morgan fingerprint density at radius 2 is 1.90 bits per heavy atom. The van der Waals surface area contributed by atoms with Gasteiger partial charge in [0.25, 0.3) is 0 Å². The highest BCUT2D eigenvalue weighted by molar-refractivity contribution is 6.30. The molecule has 1 aliphatic heterocycles. The van der Waals surface area contributed by atoms with E-state index >= 15 is 0 Å². The molecule has 100 valence electrons. The summed E-state index contributed by atoms with van der Waals surface area (Å²) in [5.74, 6) is 0. The molecule has 2 aromatic carbocycles. The molecule has 0 aliphatic carbocycles. The van der Waals surface area contributed by atoms with E-state index in [0.717, 1.165) is 31.6 Å². The van der Waals surface area contributed by atoms with E-state index in [1.165, 1.54) is 11.1 Å². The molecular formula is C17H15ClN2. The van der Waals surface area contributed by atoms with Gasteiger partial charge in [0.15, 0.2) is 0 Å². The minimum Gasteiger partial charge on any atom is -0.366 e. The molecule has 0 saturated heterocycles. The van der Waals surface area contributed by atoms with E-state index < -0.39 is 0 Å². The zero-order valence-corrected chi connectivity index (χ0v) is 11.9. The Labute approximate surface area is 124 Å². The van der Waals surface area contributed by atoms with Crippen molar-refractivity contribution in [2.45, 2.75) is 19.4 Å². The van der Waals surface area contributed by atoms with E-state index in [1.807, 2.05) is 12.1 Å². The van der Waals surface area contributed by atoms with E-state index in [0.29, 0.717) is 10.6 Å². The van der Waals surface area contributed by atoms with Crippen LogP contribution in [0.5, 0.6) is 0 Å². The van der Waals surface area contributed by atoms with Gasteiger partial charge in [-0.15, -0.1) is 0 Å². The number of benzene rings is 2. The quantitative estimate of drug-likeness (QED) is 0.785. The van der Waals surface area contributed by atoms with Crippen molar-refractivity contribution in [1.82, 2.24) is 0 Å². The largest absolute Gasteiger partial charge is 0.366 e. The van der Waals surface area contributed by atoms with Gasteiger partial charge in [0.05, 0.1) is 11.3 Å². The molecule has 0 saturated carbocycles. The van der Waals surface area contributed by atoms with Crippen molar-refractivity contribution in [2.24, 2.45) is 0 Å². The Morgan fingerprint density at radius 3 is 2.70 bits per heavy atom. The summed E-state index contributed by atoms with van der Waals surface area (Å²) in [6.07, 6.45) is 2.20. The molecule has 0 amide bonds. The lowest BCUT2D eigenvalue weighted by molar-refractivity contribution is 0.765. The molecule has 2 nitrogen and oxygen atoms in total. The molecule has 0 N–H and O–H groups in total. The first kappa shape index (κ1) is 13.0. The van der Waals surface area contributed by atoms with Crippen molar-refractivity contribution in [2.75, 3.05) is 11.4 Å². The molecular weight excluding hydrogens is 268 g/mol. The monoisotopic (exact) mass is 282 g/mol. The van der Waals surface area contributed by atoms with Gasteiger partial charge in [0.1, 0.15) is 6.07 Å². The molecule has 2 aromatic rings. The standard InChI is InChI=1S/C17H15ClN2/c18-16-7-8-17(15(10-16)11-19)20-9-3-6-13-4-1-2-5-14(13)12-20/h1-2,4-5,7-8,10H,3,6,9,12H2. The van der Waals surface area contributed by atoms with Gasteiger partial charge in [0, 0.05) is 18.1 Å². The van der Waals surface area contributed by atoms with E-state index in [4.69, 9.17) is 11.6 Å². The summed E-state index contributed by atoms with van der Waals surface area (Å²) in [5.41, 5.74) is 4.40. The summed E-state index contributed by atoms with van der Waals surface area (Å²) in [6, 6.07) is 16.4. The maximum atomic E-state index is 9.30. The van der Waals surface area contributed by atoms with Gasteiger partial charge in [-0.3, -0.25) is 0 Å². The molecule has 0 fully saturated rings. The summed E-state index contributed by atoms with van der Waals surface area (Å²) >= 11 is 5.98. The van der Waals surface area contributed by atoms with Gasteiger partial charge < -0.3 is 4.90 Å². The fraction of sp³-hybridized carbons (Fsp3) is 0.235. The third kappa shape index (κ3) is 2.50. The molecule has 0 atom stereocenters. The summed E-state index contributed by atoms with van der Waals surface area (Å²) < 4.78 is 0. The molecule has 1 aliphatic rings. The lowest BCUT2D eigenvalue weighted by Gasteiger charge is -2.24. The van der Waals surface area contributed by atoms with E-state index in [9.17, 15) is 5.26 Å². The van der Waals surface area contributed by atoms with Crippen LogP contribution in [0.25, 0.3) is 0 Å². The number of aryl methyl sites for hydroxylation is 1. The first-order valence-electron chi connectivity index (χ1n) is 6.79. The van der Waals surface area contributed by atoms with Gasteiger partial charge in [0.2, 0.25) is 0 Å². The van der Waals surface area contributed by atoms with Crippen molar-refractivity contribution in [1.29, 1.82) is 5.26 Å². The lowest BCUT2D eigenvalue weighted by Crippen LogP contribution is -2.23. The summed E-state index contributed by atoms with van der Waals surface area (Å²) in [4.78, 5) is 2.28. The number of nitriles is 1. The number of hydrogen-bond donors (Lipinski definition) is 0. The predicted octanol–water partition coefficient (Wildman–Crippen LogP) is 4.16. The predicted molar refractivity (Wildman–Crippen MR) is 82.0 cm³/mol. The number of hydrogen-bond acceptors (Lipinski definition) is 2. The highest BCUT2D eigenvalue weighted by atomic mass is 35.5. The Hall–Kier alpha value is -1.98. The normalized spacial score (nSPS) is 14.3. The molecule has 0 aromatic heterocycles. The van der Waals surface area contributed by atoms with Crippen molar-refractivity contribution in [3.05, 3.63) is 64.2 Å². The van der Waals surface area contributed by atoms with Gasteiger partial charge in [-0.2, -0.15) is 5.26 Å². The fourth-order valence-corrected chi connectivity index (χ4v) is 2.95. The molecule has 0 unspecified atom stereocenters. The second-order valence-electron chi connectivity index (χ2n) is 5.07. The van der Waals surface area contributed by atoms with E-state index in [2.05, 4.69) is 35.2 Å². The smallest absolute Gasteiger partial charge is 0.101 e. The summed E-state index contributed by atoms with van der Waals surface area (Å²) in [7, 11) is 0. The summed E-state index contributed by atoms with van der Waals surface area (Å²) in [6.45, 7) is 1.82. The van der Waals surface area contributed by atoms with Crippen molar-refractivity contribution >= 4 is 17.3 Å². The number of fused-ring (bicyclic) bond motifs is 1. The van der Waals surface area contributed by atoms with Crippen LogP contribution in [0.2, 0.25) is 5.02 Å². The Bertz CT molecular complexity index is 673. The SMILES string of the molecule is N#Cc1cc(Cl)ccc1N1CCCc2ccccc2C1. The number of anilines is 1. The third-order valence-corrected chi connectivity index (χ3v) is 4.01. The molecule has 3 rings (SSSR count). The van der Waals surface area contributed by atoms with Crippen LogP contribution in [0, 0.1) is 11.3 Å². The van der Waals surface area contributed by atoms with E-state index in [-0.39, 0.29) is 0 Å². The number of nitrogens with zero attached hydrogens (tertiary/aromatic N) is 2. The molecule has 0 bridgehead atoms. The number of halogens is 1. The minimum atomic E-state index is 0.612. The van der Waals surface area contributed by atoms with Crippen LogP contribution in [0.4, 0.5) is 5.69 Å². The van der Waals surface area contributed by atoms with Gasteiger partial charge in [-0.25, -0.2) is 0 Å². The zero-order valence-electron chi connectivity index (χ0n) is 11.1. The Balaban J connectivity index is 1.98. The van der Waals surface area contributed by atoms with Crippen LogP contribution < -0.4 is 4.90 Å². The van der Waals surface area contributed by atoms with Crippen molar-refractivity contribution in [3.63, 3.8) is 0 Å². The minimum absolute atomic E-state index is 0.612. The highest BCUT2D eigenvalue weighted by Crippen LogP contribution is 2.28. The maximum absolute atomic E-state index is 9.30. The highest BCUT2D eigenvalue weighted by Gasteiger charge is 2.17. The van der Waals surface area contributed by atoms with Gasteiger partial charge in [-0.05, 0) is 42.2 Å². The zero-order chi connectivity index (χ0) is 13.9. The Morgan fingerprint density at radius 1 is 1.10 bits per heavy atom. The first-order chi connectivity index (χ1) is 9.78. The van der Waals surface area contributed by atoms with Crippen LogP contribution in [0.3, 0.4) is 0 Å². The average Bonchev–Trinajstić information content (AvgIpc) is 2.69. The number of rotatable bonds is 1. The van der Waals surface area contributed by atoms with Gasteiger partial charge >= 0.3 is 0 Å². The molecule has 20 heavy (non-hydrogen) atoms. The topological polar surface area (TPSA) is 27.0 Å². The first-order valence-corrected chi connectivity index (χ1v) is 7.17. The van der Waals surface area contributed by atoms with Crippen LogP contribution in [-0.4, -0.2) is 6.54 Å². The molecule has 0 spiro atoms. The summed E-state index contributed by atoms with van der Waals surface area (Å²) in [5, 5.41) is 9.92. The van der Waals surface area contributed by atoms with Crippen molar-refractivity contribution in [3.8, 4) is 6.07 Å². The lowest BCUT2D eigenvalue weighted by atomic mass is 10.0. The van der Waals surface area contributed by atoms with Crippen LogP contribution in [0.15, 0.2) is 42.5 Å². The Kier molecular flexibility index (Phi) is 3.62. The average molecular weight is 283 g/mol. The third-order valence-electron chi connectivity index (χ3n) is 3.77. The second-order valence-corrected chi connectivity index (χ2v) is 5.50. The molecule has 3 heteroatoms. The maximum Gasteiger partial charge on any atom is 0.101 e. The van der Waals surface area contributed by atoms with Gasteiger partial charge in [-0.1, -0.05) is 35.9 Å². The van der Waals surface area contributed by atoms with Crippen LogP contribution in [-0.2, 0) is 13.0 Å². The molecule has 0 radical (unpaired) electrons. The van der Waals surface area contributed by atoms with Crippen LogP contribution >= 0.6 is 11.6 Å². The fourth-order valence-electron chi connectivity index (χ4n) is 2.78. The molecule has 1 heterocycles. The van der Waals surface area contributed by atoms with Crippen molar-refractivity contribution < 1.29 is 0 Å². The van der Waals surface area contributed by atoms with E-state index in [1.54, 1.807) is 6.07 Å².